The first kappa shape index (κ1) is 15.0. The lowest BCUT2D eigenvalue weighted by molar-refractivity contribution is 0.190. The number of aromatic nitrogens is 1. The number of nitriles is 1. The van der Waals surface area contributed by atoms with E-state index in [1.165, 1.54) is 5.56 Å². The van der Waals surface area contributed by atoms with Gasteiger partial charge in [-0.05, 0) is 22.8 Å². The third-order valence-electron chi connectivity index (χ3n) is 2.75. The zero-order chi connectivity index (χ0) is 13.4. The Balaban J connectivity index is 2.64. The van der Waals surface area contributed by atoms with Gasteiger partial charge in [0.05, 0.1) is 6.07 Å². The smallest absolute Gasteiger partial charge is 0.0635 e. The van der Waals surface area contributed by atoms with Crippen LogP contribution in [-0.2, 0) is 6.54 Å². The van der Waals surface area contributed by atoms with Crippen molar-refractivity contribution in [2.75, 3.05) is 18.8 Å². The highest BCUT2D eigenvalue weighted by atomic mass is 32.1. The summed E-state index contributed by atoms with van der Waals surface area (Å²) in [5, 5.41) is 8.73. The molecule has 3 nitrogen and oxygen atoms in total. The van der Waals surface area contributed by atoms with Crippen molar-refractivity contribution in [3.05, 3.63) is 30.1 Å². The van der Waals surface area contributed by atoms with Gasteiger partial charge in [0.2, 0.25) is 0 Å². The van der Waals surface area contributed by atoms with Gasteiger partial charge in [-0.25, -0.2) is 0 Å². The lowest BCUT2D eigenvalue weighted by atomic mass is 9.95. The minimum absolute atomic E-state index is 0.154. The minimum atomic E-state index is 0.154. The highest BCUT2D eigenvalue weighted by Gasteiger charge is 2.20. The second kappa shape index (κ2) is 7.40. The van der Waals surface area contributed by atoms with Crippen LogP contribution in [0.1, 0.15) is 25.8 Å². The van der Waals surface area contributed by atoms with E-state index in [9.17, 15) is 0 Å². The van der Waals surface area contributed by atoms with Gasteiger partial charge in [0.15, 0.2) is 0 Å². The molecule has 0 spiro atoms. The van der Waals surface area contributed by atoms with Gasteiger partial charge in [-0.1, -0.05) is 19.9 Å². The van der Waals surface area contributed by atoms with Crippen LogP contribution >= 0.6 is 12.6 Å². The van der Waals surface area contributed by atoms with Crippen LogP contribution in [0.25, 0.3) is 0 Å². The molecule has 1 rings (SSSR count). The SMILES string of the molecule is CC(C)(CS)CN(CCC#N)Cc1cccnc1. The van der Waals surface area contributed by atoms with Crippen molar-refractivity contribution in [3.63, 3.8) is 0 Å². The third kappa shape index (κ3) is 5.52. The topological polar surface area (TPSA) is 39.9 Å². The van der Waals surface area contributed by atoms with Crippen molar-refractivity contribution < 1.29 is 0 Å². The van der Waals surface area contributed by atoms with Crippen molar-refractivity contribution in [1.82, 2.24) is 9.88 Å². The van der Waals surface area contributed by atoms with Crippen LogP contribution in [0.15, 0.2) is 24.5 Å². The molecule has 0 atom stereocenters. The van der Waals surface area contributed by atoms with Crippen molar-refractivity contribution in [2.24, 2.45) is 5.41 Å². The molecule has 0 aliphatic rings. The van der Waals surface area contributed by atoms with Gasteiger partial charge in [0.25, 0.3) is 0 Å². The predicted octanol–water partition coefficient (Wildman–Crippen LogP) is 2.75. The lowest BCUT2D eigenvalue weighted by Crippen LogP contribution is -2.35. The maximum absolute atomic E-state index is 8.73. The summed E-state index contributed by atoms with van der Waals surface area (Å²) in [5.74, 6) is 0.836. The quantitative estimate of drug-likeness (QED) is 0.769. The summed E-state index contributed by atoms with van der Waals surface area (Å²) in [7, 11) is 0. The van der Waals surface area contributed by atoms with E-state index in [4.69, 9.17) is 5.26 Å². The Bertz CT molecular complexity index is 384. The third-order valence-corrected chi connectivity index (χ3v) is 3.60. The van der Waals surface area contributed by atoms with E-state index in [-0.39, 0.29) is 5.41 Å². The molecule has 0 bridgehead atoms. The summed E-state index contributed by atoms with van der Waals surface area (Å²) >= 11 is 4.39. The predicted molar refractivity (Wildman–Crippen MR) is 77.4 cm³/mol. The van der Waals surface area contributed by atoms with E-state index in [1.807, 2.05) is 12.3 Å². The molecule has 1 aromatic rings. The number of pyridine rings is 1. The average molecular weight is 263 g/mol. The molecular weight excluding hydrogens is 242 g/mol. The summed E-state index contributed by atoms with van der Waals surface area (Å²) < 4.78 is 0. The van der Waals surface area contributed by atoms with Gasteiger partial charge in [0, 0.05) is 38.4 Å². The number of rotatable bonds is 7. The van der Waals surface area contributed by atoms with Gasteiger partial charge in [-0.2, -0.15) is 17.9 Å². The Labute approximate surface area is 115 Å². The van der Waals surface area contributed by atoms with Gasteiger partial charge in [0.1, 0.15) is 0 Å². The molecule has 0 saturated carbocycles. The summed E-state index contributed by atoms with van der Waals surface area (Å²) in [6, 6.07) is 6.23. The summed E-state index contributed by atoms with van der Waals surface area (Å²) in [4.78, 5) is 6.43. The number of hydrogen-bond acceptors (Lipinski definition) is 4. The van der Waals surface area contributed by atoms with E-state index in [1.54, 1.807) is 6.20 Å². The van der Waals surface area contributed by atoms with E-state index in [0.29, 0.717) is 6.42 Å². The first-order valence-electron chi connectivity index (χ1n) is 6.16. The fourth-order valence-corrected chi connectivity index (χ4v) is 1.93. The summed E-state index contributed by atoms with van der Waals surface area (Å²) in [6.45, 7) is 6.97. The molecule has 98 valence electrons. The second-order valence-electron chi connectivity index (χ2n) is 5.30. The van der Waals surface area contributed by atoms with Crippen molar-refractivity contribution in [3.8, 4) is 6.07 Å². The fourth-order valence-electron chi connectivity index (χ4n) is 1.83. The molecule has 0 unspecified atom stereocenters. The number of nitrogens with zero attached hydrogens (tertiary/aromatic N) is 3. The Kier molecular flexibility index (Phi) is 6.17. The lowest BCUT2D eigenvalue weighted by Gasteiger charge is -2.31. The molecule has 0 aliphatic heterocycles. The largest absolute Gasteiger partial charge is 0.297 e. The van der Waals surface area contributed by atoms with Crippen LogP contribution in [0.5, 0.6) is 0 Å². The molecule has 0 radical (unpaired) electrons. The molecule has 0 fully saturated rings. The highest BCUT2D eigenvalue weighted by molar-refractivity contribution is 7.80. The zero-order valence-electron chi connectivity index (χ0n) is 11.1. The summed E-state index contributed by atoms with van der Waals surface area (Å²) in [5.41, 5.74) is 1.34. The van der Waals surface area contributed by atoms with E-state index in [2.05, 4.69) is 48.5 Å². The van der Waals surface area contributed by atoms with Crippen LogP contribution in [0.2, 0.25) is 0 Å². The van der Waals surface area contributed by atoms with Gasteiger partial charge in [-0.15, -0.1) is 0 Å². The van der Waals surface area contributed by atoms with Crippen molar-refractivity contribution in [2.45, 2.75) is 26.8 Å². The molecule has 4 heteroatoms. The van der Waals surface area contributed by atoms with Gasteiger partial charge in [-0.3, -0.25) is 9.88 Å². The molecule has 1 aromatic heterocycles. The van der Waals surface area contributed by atoms with E-state index in [0.717, 1.165) is 25.4 Å². The maximum atomic E-state index is 8.73. The van der Waals surface area contributed by atoms with Crippen LogP contribution in [0.4, 0.5) is 0 Å². The molecule has 18 heavy (non-hydrogen) atoms. The zero-order valence-corrected chi connectivity index (χ0v) is 12.0. The molecule has 0 aromatic carbocycles. The minimum Gasteiger partial charge on any atom is -0.297 e. The number of thiol groups is 1. The molecule has 0 saturated heterocycles. The summed E-state index contributed by atoms with van der Waals surface area (Å²) in [6.07, 6.45) is 4.22. The van der Waals surface area contributed by atoms with Gasteiger partial charge >= 0.3 is 0 Å². The van der Waals surface area contributed by atoms with Gasteiger partial charge < -0.3 is 0 Å². The van der Waals surface area contributed by atoms with Crippen LogP contribution < -0.4 is 0 Å². The molecule has 0 aliphatic carbocycles. The maximum Gasteiger partial charge on any atom is 0.0635 e. The van der Waals surface area contributed by atoms with Crippen molar-refractivity contribution in [1.29, 1.82) is 5.26 Å². The number of hydrogen-bond donors (Lipinski definition) is 1. The van der Waals surface area contributed by atoms with Crippen molar-refractivity contribution >= 4 is 12.6 Å². The van der Waals surface area contributed by atoms with Crippen LogP contribution in [-0.4, -0.2) is 28.7 Å². The standard InChI is InChI=1S/C14H21N3S/c1-14(2,12-18)11-17(8-4-6-15)10-13-5-3-7-16-9-13/h3,5,7,9,18H,4,8,10-12H2,1-2H3. The molecule has 0 amide bonds. The molecule has 1 heterocycles. The monoisotopic (exact) mass is 263 g/mol. The van der Waals surface area contributed by atoms with E-state index >= 15 is 0 Å². The Morgan fingerprint density at radius 3 is 2.83 bits per heavy atom. The molecule has 0 N–H and O–H groups in total. The second-order valence-corrected chi connectivity index (χ2v) is 5.62. The molecular formula is C14H21N3S. The Morgan fingerprint density at radius 1 is 1.50 bits per heavy atom. The first-order chi connectivity index (χ1) is 8.57. The van der Waals surface area contributed by atoms with E-state index < -0.39 is 0 Å². The Morgan fingerprint density at radius 2 is 2.28 bits per heavy atom. The van der Waals surface area contributed by atoms with Crippen LogP contribution in [0.3, 0.4) is 0 Å². The fraction of sp³-hybridized carbons (Fsp3) is 0.571. The normalized spacial score (nSPS) is 11.5. The highest BCUT2D eigenvalue weighted by Crippen LogP contribution is 2.20. The average Bonchev–Trinajstić information content (AvgIpc) is 2.37. The van der Waals surface area contributed by atoms with Crippen LogP contribution in [0, 0.1) is 16.7 Å². The Hall–Kier alpha value is -1.05. The first-order valence-corrected chi connectivity index (χ1v) is 6.80.